The predicted octanol–water partition coefficient (Wildman–Crippen LogP) is 3.97. The normalized spacial score (nSPS) is 19.4. The Labute approximate surface area is 131 Å². The van der Waals surface area contributed by atoms with Crippen molar-refractivity contribution in [1.82, 2.24) is 4.86 Å². The summed E-state index contributed by atoms with van der Waals surface area (Å²) in [5.74, 6) is 2.41. The van der Waals surface area contributed by atoms with Gasteiger partial charge in [0.2, 0.25) is 0 Å². The predicted molar refractivity (Wildman–Crippen MR) is 87.1 cm³/mol. The van der Waals surface area contributed by atoms with E-state index >= 15 is 0 Å². The van der Waals surface area contributed by atoms with Crippen LogP contribution in [0.2, 0.25) is 0 Å². The summed E-state index contributed by atoms with van der Waals surface area (Å²) < 4.78 is 22.9. The van der Waals surface area contributed by atoms with Crippen LogP contribution in [-0.2, 0) is 23.6 Å². The van der Waals surface area contributed by atoms with Gasteiger partial charge in [0.05, 0.1) is 0 Å². The van der Waals surface area contributed by atoms with Gasteiger partial charge in [-0.2, -0.15) is 0 Å². The van der Waals surface area contributed by atoms with Crippen molar-refractivity contribution in [3.8, 4) is 23.0 Å². The second-order valence-electron chi connectivity index (χ2n) is 4.35. The Kier molecular flexibility index (Phi) is 3.03. The van der Waals surface area contributed by atoms with E-state index in [1.54, 1.807) is 24.3 Å². The van der Waals surface area contributed by atoms with Gasteiger partial charge in [0, 0.05) is 23.6 Å². The molecule has 108 valence electrons. The first-order valence-corrected chi connectivity index (χ1v) is 11.3. The lowest BCUT2D eigenvalue weighted by atomic mass is 10.3. The van der Waals surface area contributed by atoms with Crippen molar-refractivity contribution in [2.75, 3.05) is 0 Å². The summed E-state index contributed by atoms with van der Waals surface area (Å²) in [6.45, 7) is -5.63. The van der Waals surface area contributed by atoms with Crippen LogP contribution in [0, 0.1) is 0 Å². The molecule has 0 aliphatic carbocycles. The van der Waals surface area contributed by atoms with Gasteiger partial charge in [-0.1, -0.05) is 24.3 Å². The molecule has 2 heterocycles. The van der Waals surface area contributed by atoms with Crippen LogP contribution in [0.1, 0.15) is 0 Å². The van der Waals surface area contributed by atoms with Gasteiger partial charge in [-0.25, -0.2) is 0 Å². The molecule has 0 atom stereocenters. The molecule has 9 heteroatoms. The maximum Gasteiger partial charge on any atom is 0.374 e. The molecule has 0 saturated heterocycles. The molecule has 1 N–H and O–H groups in total. The number of rotatable bonds is 2. The van der Waals surface area contributed by atoms with E-state index < -0.39 is 13.3 Å². The smallest absolute Gasteiger partial charge is 0.374 e. The molecular formula is C12H9NO4P2S2. The highest BCUT2D eigenvalue weighted by molar-refractivity contribution is 8.18. The molecule has 2 aliphatic heterocycles. The van der Waals surface area contributed by atoms with Gasteiger partial charge in [-0.15, -0.1) is 4.86 Å². The number of hydrogen-bond acceptors (Lipinski definition) is 6. The van der Waals surface area contributed by atoms with E-state index in [1.807, 2.05) is 24.3 Å². The summed E-state index contributed by atoms with van der Waals surface area (Å²) in [5, 5.41) is 0. The summed E-state index contributed by atoms with van der Waals surface area (Å²) in [7, 11) is 0. The second-order valence-corrected chi connectivity index (χ2v) is 10.8. The highest BCUT2D eigenvalue weighted by Gasteiger charge is 2.42. The van der Waals surface area contributed by atoms with Crippen molar-refractivity contribution in [1.29, 1.82) is 0 Å². The molecule has 2 aromatic carbocycles. The molecule has 0 spiro atoms. The Morgan fingerprint density at radius 3 is 1.19 bits per heavy atom. The third kappa shape index (κ3) is 2.45. The van der Waals surface area contributed by atoms with Crippen LogP contribution < -0.4 is 23.0 Å². The van der Waals surface area contributed by atoms with E-state index in [0.29, 0.717) is 23.0 Å². The molecule has 0 aromatic heterocycles. The number of para-hydroxylation sites is 4. The van der Waals surface area contributed by atoms with Crippen LogP contribution in [0.25, 0.3) is 0 Å². The van der Waals surface area contributed by atoms with Crippen molar-refractivity contribution in [2.45, 2.75) is 0 Å². The highest BCUT2D eigenvalue weighted by Crippen LogP contribution is 2.65. The Hall–Kier alpha value is -1.10. The lowest BCUT2D eigenvalue weighted by Gasteiger charge is -2.21. The molecule has 0 amide bonds. The Bertz CT molecular complexity index is 703. The first kappa shape index (κ1) is 13.6. The van der Waals surface area contributed by atoms with Crippen LogP contribution in [-0.4, -0.2) is 0 Å². The fourth-order valence-corrected chi connectivity index (χ4v) is 8.92. The van der Waals surface area contributed by atoms with Gasteiger partial charge in [-0.3, -0.25) is 0 Å². The Morgan fingerprint density at radius 1 is 0.619 bits per heavy atom. The standard InChI is InChI=1S/C12H9NO4P2S2/c20-18(14-9-5-1-2-6-10(9)15-18)13-19(21)16-11-7-3-4-8-12(11)17-19/h1-8H,(H,13,20,21). The first-order valence-electron chi connectivity index (χ1n) is 6.01. The van der Waals surface area contributed by atoms with Gasteiger partial charge < -0.3 is 18.1 Å². The van der Waals surface area contributed by atoms with E-state index in [-0.39, 0.29) is 0 Å². The fraction of sp³-hybridized carbons (Fsp3) is 0. The number of benzene rings is 2. The number of fused-ring (bicyclic) bond motifs is 2. The lowest BCUT2D eigenvalue weighted by Crippen LogP contribution is -2.15. The number of hydrogen-bond donors (Lipinski definition) is 1. The zero-order valence-electron chi connectivity index (χ0n) is 10.5. The first-order chi connectivity index (χ1) is 10.1. The summed E-state index contributed by atoms with van der Waals surface area (Å²) >= 11 is 10.9. The molecule has 2 aliphatic rings. The molecule has 2 aromatic rings. The molecule has 0 unspecified atom stereocenters. The van der Waals surface area contributed by atoms with Crippen molar-refractivity contribution in [2.24, 2.45) is 0 Å². The molecule has 4 rings (SSSR count). The van der Waals surface area contributed by atoms with Crippen LogP contribution in [0.15, 0.2) is 48.5 Å². The zero-order chi connectivity index (χ0) is 14.5. The zero-order valence-corrected chi connectivity index (χ0v) is 13.9. The lowest BCUT2D eigenvalue weighted by molar-refractivity contribution is 0.534. The van der Waals surface area contributed by atoms with Gasteiger partial charge in [0.1, 0.15) is 0 Å². The van der Waals surface area contributed by atoms with Crippen molar-refractivity contribution >= 4 is 36.9 Å². The molecular weight excluding hydrogens is 348 g/mol. The maximum atomic E-state index is 5.71. The van der Waals surface area contributed by atoms with E-state index in [0.717, 1.165) is 0 Å². The van der Waals surface area contributed by atoms with E-state index in [2.05, 4.69) is 4.86 Å². The topological polar surface area (TPSA) is 49.0 Å². The largest absolute Gasteiger partial charge is 0.420 e. The van der Waals surface area contributed by atoms with Gasteiger partial charge in [0.15, 0.2) is 23.0 Å². The summed E-state index contributed by atoms with van der Waals surface area (Å²) in [6, 6.07) is 14.6. The molecule has 0 saturated carbocycles. The van der Waals surface area contributed by atoms with Crippen LogP contribution in [0.4, 0.5) is 0 Å². The van der Waals surface area contributed by atoms with E-state index in [9.17, 15) is 0 Å². The number of nitrogens with one attached hydrogen (secondary N) is 1. The summed E-state index contributed by atoms with van der Waals surface area (Å²) in [4.78, 5) is 2.99. The third-order valence-corrected chi connectivity index (χ3v) is 8.89. The molecule has 0 bridgehead atoms. The Morgan fingerprint density at radius 2 is 0.905 bits per heavy atom. The van der Waals surface area contributed by atoms with Crippen LogP contribution in [0.5, 0.6) is 23.0 Å². The summed E-state index contributed by atoms with van der Waals surface area (Å²) in [6.07, 6.45) is 0. The van der Waals surface area contributed by atoms with Crippen LogP contribution in [0.3, 0.4) is 0 Å². The minimum absolute atomic E-state index is 0.603. The monoisotopic (exact) mass is 357 g/mol. The Balaban J connectivity index is 1.59. The SMILES string of the molecule is S=P1(NP2(=S)Oc3ccccc3O2)Oc2ccccc2O1. The fourth-order valence-electron chi connectivity index (χ4n) is 1.99. The quantitative estimate of drug-likeness (QED) is 0.816. The average Bonchev–Trinajstić information content (AvgIpc) is 2.92. The van der Waals surface area contributed by atoms with Crippen molar-refractivity contribution in [3.63, 3.8) is 0 Å². The molecule has 5 nitrogen and oxygen atoms in total. The average molecular weight is 357 g/mol. The molecule has 0 radical (unpaired) electrons. The van der Waals surface area contributed by atoms with Gasteiger partial charge >= 0.3 is 13.3 Å². The highest BCUT2D eigenvalue weighted by atomic mass is 32.5. The second kappa shape index (κ2) is 4.70. The minimum atomic E-state index is -2.82. The summed E-state index contributed by atoms with van der Waals surface area (Å²) in [5.41, 5.74) is 0. The molecule has 0 fully saturated rings. The van der Waals surface area contributed by atoms with Gasteiger partial charge in [0.25, 0.3) is 0 Å². The molecule has 21 heavy (non-hydrogen) atoms. The van der Waals surface area contributed by atoms with Crippen LogP contribution >= 0.6 is 13.3 Å². The maximum absolute atomic E-state index is 5.71. The minimum Gasteiger partial charge on any atom is -0.420 e. The van der Waals surface area contributed by atoms with Crippen molar-refractivity contribution < 1.29 is 18.1 Å². The third-order valence-electron chi connectivity index (χ3n) is 2.82. The van der Waals surface area contributed by atoms with Gasteiger partial charge in [-0.05, 0) is 24.3 Å². The van der Waals surface area contributed by atoms with E-state index in [1.165, 1.54) is 0 Å². The van der Waals surface area contributed by atoms with E-state index in [4.69, 9.17) is 41.7 Å². The van der Waals surface area contributed by atoms with Crippen molar-refractivity contribution in [3.05, 3.63) is 48.5 Å².